The summed E-state index contributed by atoms with van der Waals surface area (Å²) >= 11 is 0. The van der Waals surface area contributed by atoms with Gasteiger partial charge in [0.1, 0.15) is 11.7 Å². The van der Waals surface area contributed by atoms with Crippen molar-refractivity contribution in [2.45, 2.75) is 37.3 Å². The van der Waals surface area contributed by atoms with Crippen LogP contribution in [0, 0.1) is 5.92 Å². The molecule has 1 unspecified atom stereocenters. The third kappa shape index (κ3) is 4.36. The van der Waals surface area contributed by atoms with E-state index in [0.717, 1.165) is 16.1 Å². The normalized spacial score (nSPS) is 16.4. The fraction of sp³-hybridized carbons (Fsp3) is 0.250. The number of nitrogens with one attached hydrogen (secondary N) is 1. The zero-order chi connectivity index (χ0) is 23.8. The first kappa shape index (κ1) is 22.6. The highest BCUT2D eigenvalue weighted by atomic mass is 32.2. The quantitative estimate of drug-likeness (QED) is 0.539. The fourth-order valence-electron chi connectivity index (χ4n) is 3.74. The molecule has 1 amide bonds. The molecule has 9 heteroatoms. The van der Waals surface area contributed by atoms with Crippen LogP contribution in [0.2, 0.25) is 0 Å². The molecule has 1 aliphatic rings. The molecule has 0 fully saturated rings. The lowest BCUT2D eigenvalue weighted by atomic mass is 9.93. The van der Waals surface area contributed by atoms with Gasteiger partial charge in [-0.25, -0.2) is 13.4 Å². The number of ketones is 1. The molecule has 2 aromatic carbocycles. The molecule has 0 saturated heterocycles. The zero-order valence-corrected chi connectivity index (χ0v) is 19.3. The minimum Gasteiger partial charge on any atom is -0.345 e. The van der Waals surface area contributed by atoms with E-state index < -0.39 is 26.9 Å². The Morgan fingerprint density at radius 3 is 2.61 bits per heavy atom. The van der Waals surface area contributed by atoms with Crippen LogP contribution in [0.25, 0.3) is 11.4 Å². The van der Waals surface area contributed by atoms with Crippen molar-refractivity contribution in [2.24, 2.45) is 11.0 Å². The number of Topliss-reactive ketones (excluding diaryl/α,β-unsaturated/α-hetero) is 1. The zero-order valence-electron chi connectivity index (χ0n) is 18.5. The summed E-state index contributed by atoms with van der Waals surface area (Å²) in [6.45, 7) is 4.83. The predicted octanol–water partition coefficient (Wildman–Crippen LogP) is 3.41. The maximum atomic E-state index is 13.1. The van der Waals surface area contributed by atoms with Gasteiger partial charge in [0.05, 0.1) is 21.5 Å². The Labute approximate surface area is 192 Å². The number of sulfone groups is 1. The van der Waals surface area contributed by atoms with Crippen LogP contribution in [0.5, 0.6) is 0 Å². The molecular weight excluding hydrogens is 440 g/mol. The summed E-state index contributed by atoms with van der Waals surface area (Å²) in [5.41, 5.74) is 2.30. The largest absolute Gasteiger partial charge is 0.345 e. The summed E-state index contributed by atoms with van der Waals surface area (Å²) < 4.78 is 25.1. The number of imidazole rings is 1. The Balaban J connectivity index is 1.55. The number of aromatic nitrogens is 2. The lowest BCUT2D eigenvalue weighted by Gasteiger charge is -2.16. The van der Waals surface area contributed by atoms with Gasteiger partial charge in [-0.2, -0.15) is 10.1 Å². The van der Waals surface area contributed by atoms with E-state index in [1.165, 1.54) is 12.1 Å². The van der Waals surface area contributed by atoms with Gasteiger partial charge >= 0.3 is 0 Å². The standard InChI is InChI=1S/C24H24N4O4S/c1-15(2)33(31,32)20-9-5-8-19(14-20)28-24(30)22(16(3)27-28)21(29)13-17-6-4-7-18(12-17)23-25-10-11-26-23/h4-12,14-15,22H,13H2,1-3H3,(H,25,26). The second-order valence-corrected chi connectivity index (χ2v) is 10.7. The maximum Gasteiger partial charge on any atom is 0.263 e. The Morgan fingerprint density at radius 2 is 1.91 bits per heavy atom. The number of hydrogen-bond donors (Lipinski definition) is 1. The van der Waals surface area contributed by atoms with Crippen molar-refractivity contribution in [1.29, 1.82) is 0 Å². The van der Waals surface area contributed by atoms with Gasteiger partial charge in [-0.05, 0) is 50.6 Å². The molecule has 0 spiro atoms. The summed E-state index contributed by atoms with van der Waals surface area (Å²) in [6.07, 6.45) is 3.44. The Kier molecular flexibility index (Phi) is 5.99. The SMILES string of the molecule is CC1=NN(c2cccc(S(=O)(=O)C(C)C)c2)C(=O)C1C(=O)Cc1cccc(-c2ncc[nH]2)c1. The first-order valence-corrected chi connectivity index (χ1v) is 12.1. The van der Waals surface area contributed by atoms with Crippen molar-refractivity contribution in [1.82, 2.24) is 9.97 Å². The summed E-state index contributed by atoms with van der Waals surface area (Å²) in [5, 5.41) is 4.80. The number of amides is 1. The van der Waals surface area contributed by atoms with E-state index in [0.29, 0.717) is 17.2 Å². The third-order valence-electron chi connectivity index (χ3n) is 5.54. The van der Waals surface area contributed by atoms with Crippen molar-refractivity contribution in [3.63, 3.8) is 0 Å². The number of rotatable bonds is 7. The van der Waals surface area contributed by atoms with Crippen molar-refractivity contribution in [2.75, 3.05) is 5.01 Å². The van der Waals surface area contributed by atoms with E-state index in [9.17, 15) is 18.0 Å². The molecule has 1 aromatic heterocycles. The van der Waals surface area contributed by atoms with Gasteiger partial charge in [0.2, 0.25) is 0 Å². The number of carbonyl (C=O) groups excluding carboxylic acids is 2. The second kappa shape index (κ2) is 8.74. The summed E-state index contributed by atoms with van der Waals surface area (Å²) in [5.74, 6) is -1.07. The number of benzene rings is 2. The van der Waals surface area contributed by atoms with E-state index in [-0.39, 0.29) is 17.1 Å². The Bertz CT molecular complexity index is 1340. The number of hydrogen-bond acceptors (Lipinski definition) is 6. The van der Waals surface area contributed by atoms with E-state index >= 15 is 0 Å². The van der Waals surface area contributed by atoms with E-state index in [2.05, 4.69) is 15.1 Å². The lowest BCUT2D eigenvalue weighted by Crippen LogP contribution is -2.33. The molecule has 0 saturated carbocycles. The summed E-state index contributed by atoms with van der Waals surface area (Å²) in [6, 6.07) is 13.5. The van der Waals surface area contributed by atoms with Gasteiger partial charge in [-0.15, -0.1) is 0 Å². The monoisotopic (exact) mass is 464 g/mol. The molecule has 0 bridgehead atoms. The number of hydrazone groups is 1. The van der Waals surface area contributed by atoms with Crippen LogP contribution in [-0.2, 0) is 25.8 Å². The highest BCUT2D eigenvalue weighted by Crippen LogP contribution is 2.28. The van der Waals surface area contributed by atoms with Crippen molar-refractivity contribution >= 4 is 32.9 Å². The van der Waals surface area contributed by atoms with Crippen LogP contribution < -0.4 is 5.01 Å². The van der Waals surface area contributed by atoms with E-state index in [4.69, 9.17) is 0 Å². The van der Waals surface area contributed by atoms with Crippen LogP contribution >= 0.6 is 0 Å². The minimum absolute atomic E-state index is 0.0629. The first-order valence-electron chi connectivity index (χ1n) is 10.5. The molecular formula is C24H24N4O4S. The van der Waals surface area contributed by atoms with Gasteiger partial charge in [0.15, 0.2) is 15.6 Å². The van der Waals surface area contributed by atoms with Gasteiger partial charge in [0.25, 0.3) is 5.91 Å². The van der Waals surface area contributed by atoms with E-state index in [1.54, 1.807) is 45.3 Å². The van der Waals surface area contributed by atoms with Crippen LogP contribution in [0.4, 0.5) is 5.69 Å². The number of aromatic amines is 1. The molecule has 4 rings (SSSR count). The topological polar surface area (TPSA) is 113 Å². The molecule has 2 heterocycles. The molecule has 1 aliphatic heterocycles. The number of nitrogens with zero attached hydrogens (tertiary/aromatic N) is 3. The molecule has 170 valence electrons. The molecule has 1 N–H and O–H groups in total. The van der Waals surface area contributed by atoms with Crippen LogP contribution in [0.3, 0.4) is 0 Å². The maximum absolute atomic E-state index is 13.1. The lowest BCUT2D eigenvalue weighted by molar-refractivity contribution is -0.128. The molecule has 0 radical (unpaired) electrons. The van der Waals surface area contributed by atoms with Crippen LogP contribution in [0.15, 0.2) is 70.9 Å². The first-order chi connectivity index (χ1) is 15.7. The summed E-state index contributed by atoms with van der Waals surface area (Å²) in [4.78, 5) is 33.6. The van der Waals surface area contributed by atoms with Crippen molar-refractivity contribution < 1.29 is 18.0 Å². The number of anilines is 1. The van der Waals surface area contributed by atoms with Gasteiger partial charge in [0, 0.05) is 24.4 Å². The fourth-order valence-corrected chi connectivity index (χ4v) is 4.84. The molecule has 3 aromatic rings. The third-order valence-corrected chi connectivity index (χ3v) is 7.69. The van der Waals surface area contributed by atoms with Gasteiger partial charge < -0.3 is 4.98 Å². The van der Waals surface area contributed by atoms with Crippen molar-refractivity contribution in [3.8, 4) is 11.4 Å². The predicted molar refractivity (Wildman–Crippen MR) is 126 cm³/mol. The second-order valence-electron chi connectivity index (χ2n) is 8.20. The average molecular weight is 465 g/mol. The number of carbonyl (C=O) groups is 2. The Hall–Kier alpha value is -3.59. The molecule has 1 atom stereocenters. The smallest absolute Gasteiger partial charge is 0.263 e. The summed E-state index contributed by atoms with van der Waals surface area (Å²) in [7, 11) is -3.51. The molecule has 33 heavy (non-hydrogen) atoms. The average Bonchev–Trinajstić information content (AvgIpc) is 3.42. The molecule has 8 nitrogen and oxygen atoms in total. The van der Waals surface area contributed by atoms with Crippen molar-refractivity contribution in [3.05, 3.63) is 66.5 Å². The highest BCUT2D eigenvalue weighted by Gasteiger charge is 2.39. The minimum atomic E-state index is -3.51. The number of H-pyrrole nitrogens is 1. The van der Waals surface area contributed by atoms with Crippen LogP contribution in [-0.4, -0.2) is 41.0 Å². The van der Waals surface area contributed by atoms with Gasteiger partial charge in [-0.3, -0.25) is 9.59 Å². The van der Waals surface area contributed by atoms with E-state index in [1.807, 2.05) is 24.3 Å². The highest BCUT2D eigenvalue weighted by molar-refractivity contribution is 7.92. The van der Waals surface area contributed by atoms with Crippen LogP contribution in [0.1, 0.15) is 26.3 Å². The molecule has 0 aliphatic carbocycles. The Morgan fingerprint density at radius 1 is 1.15 bits per heavy atom. The van der Waals surface area contributed by atoms with Gasteiger partial charge in [-0.1, -0.05) is 24.3 Å².